The highest BCUT2D eigenvalue weighted by Gasteiger charge is 2.33. The number of nitrogens with two attached hydrogens (primary N) is 2. The summed E-state index contributed by atoms with van der Waals surface area (Å²) in [5.41, 5.74) is 7.09. The zero-order valence-electron chi connectivity index (χ0n) is 16.3. The van der Waals surface area contributed by atoms with E-state index in [-0.39, 0.29) is 23.5 Å². The molecule has 2 aromatic carbocycles. The number of H-pyrrole nitrogens is 2. The number of hydrogen-bond donors (Lipinski definition) is 5. The van der Waals surface area contributed by atoms with Crippen LogP contribution in [0.1, 0.15) is 0 Å². The maximum absolute atomic E-state index is 13.0. The average molecular weight is 479 g/mol. The number of primary sulfonamides is 1. The highest BCUT2D eigenvalue weighted by Crippen LogP contribution is 2.40. The van der Waals surface area contributed by atoms with Crippen LogP contribution in [0, 0.1) is 0 Å². The molecule has 0 aliphatic heterocycles. The summed E-state index contributed by atoms with van der Waals surface area (Å²) in [6, 6.07) is 7.69. The fourth-order valence-electron chi connectivity index (χ4n) is 3.40. The summed E-state index contributed by atoms with van der Waals surface area (Å²) in [5.74, 6) is -0.987. The van der Waals surface area contributed by atoms with Gasteiger partial charge >= 0.3 is 0 Å². The second-order valence-electron chi connectivity index (χ2n) is 6.87. The van der Waals surface area contributed by atoms with Crippen LogP contribution in [-0.2, 0) is 19.9 Å². The quantitative estimate of drug-likeness (QED) is 0.221. The van der Waals surface area contributed by atoms with Gasteiger partial charge in [0.15, 0.2) is 9.84 Å². The van der Waals surface area contributed by atoms with E-state index < -0.39 is 41.5 Å². The fraction of sp³-hybridized carbons (Fsp3) is 0.176. The van der Waals surface area contributed by atoms with Crippen molar-refractivity contribution in [1.82, 2.24) is 30.6 Å². The molecule has 168 valence electrons. The molecular weight excluding hydrogens is 460 g/mol. The molecule has 32 heavy (non-hydrogen) atoms. The smallest absolute Gasteiger partial charge is 0.240 e. The molecule has 0 radical (unpaired) electrons. The van der Waals surface area contributed by atoms with Gasteiger partial charge in [-0.15, -0.1) is 10.2 Å². The van der Waals surface area contributed by atoms with Crippen LogP contribution in [0.3, 0.4) is 0 Å². The summed E-state index contributed by atoms with van der Waals surface area (Å²) in [4.78, 5) is 5.90. The summed E-state index contributed by atoms with van der Waals surface area (Å²) in [5, 5.41) is 28.7. The van der Waals surface area contributed by atoms with Gasteiger partial charge in [-0.2, -0.15) is 5.21 Å². The van der Waals surface area contributed by atoms with Gasteiger partial charge in [-0.3, -0.25) is 0 Å². The minimum atomic E-state index is -4.63. The van der Waals surface area contributed by atoms with Gasteiger partial charge in [0, 0.05) is 12.1 Å². The number of benzene rings is 2. The molecule has 15 heteroatoms. The summed E-state index contributed by atoms with van der Waals surface area (Å²) in [6.45, 7) is -0.332. The molecule has 2 heterocycles. The lowest BCUT2D eigenvalue weighted by Crippen LogP contribution is -2.30. The van der Waals surface area contributed by atoms with Gasteiger partial charge in [0.1, 0.15) is 4.90 Å². The molecule has 4 aromatic rings. The number of aliphatic hydroxyl groups is 1. The van der Waals surface area contributed by atoms with E-state index in [0.29, 0.717) is 16.6 Å². The zero-order chi connectivity index (χ0) is 23.1. The van der Waals surface area contributed by atoms with Crippen LogP contribution in [0.5, 0.6) is 0 Å². The van der Waals surface area contributed by atoms with Gasteiger partial charge < -0.3 is 15.8 Å². The van der Waals surface area contributed by atoms with Crippen LogP contribution >= 0.6 is 0 Å². The van der Waals surface area contributed by atoms with E-state index in [2.05, 4.69) is 30.6 Å². The number of nitrogens with zero attached hydrogens (tertiary/aromatic N) is 4. The van der Waals surface area contributed by atoms with Crippen molar-refractivity contribution in [2.75, 3.05) is 12.3 Å². The monoisotopic (exact) mass is 478 g/mol. The molecular formula is C17H18N8O5S2. The predicted molar refractivity (Wildman–Crippen MR) is 113 cm³/mol. The second-order valence-corrected chi connectivity index (χ2v) is 10.4. The highest BCUT2D eigenvalue weighted by atomic mass is 32.2. The first-order valence-corrected chi connectivity index (χ1v) is 12.3. The number of aromatic nitrogens is 6. The Labute approximate surface area is 181 Å². The van der Waals surface area contributed by atoms with E-state index in [1.807, 2.05) is 0 Å². The van der Waals surface area contributed by atoms with Gasteiger partial charge in [-0.25, -0.2) is 27.0 Å². The summed E-state index contributed by atoms with van der Waals surface area (Å²) in [6.07, 6.45) is 0.0648. The molecule has 0 saturated heterocycles. The third kappa shape index (κ3) is 3.87. The number of para-hydroxylation sites is 1. The number of sulfone groups is 1. The first-order chi connectivity index (χ1) is 15.1. The van der Waals surface area contributed by atoms with Gasteiger partial charge in [0.25, 0.3) is 0 Å². The van der Waals surface area contributed by atoms with Crippen molar-refractivity contribution in [1.29, 1.82) is 0 Å². The van der Waals surface area contributed by atoms with Crippen molar-refractivity contribution >= 4 is 30.9 Å². The third-order valence-electron chi connectivity index (χ3n) is 4.73. The molecule has 7 N–H and O–H groups in total. The first-order valence-electron chi connectivity index (χ1n) is 9.10. The van der Waals surface area contributed by atoms with Crippen molar-refractivity contribution in [3.63, 3.8) is 0 Å². The molecule has 1 unspecified atom stereocenters. The normalized spacial score (nSPS) is 13.5. The molecule has 2 aromatic heterocycles. The molecule has 1 atom stereocenters. The zero-order valence-corrected chi connectivity index (χ0v) is 17.9. The summed E-state index contributed by atoms with van der Waals surface area (Å²) in [7, 11) is -8.95. The van der Waals surface area contributed by atoms with E-state index in [4.69, 9.17) is 10.9 Å². The van der Waals surface area contributed by atoms with E-state index in [1.54, 1.807) is 18.2 Å². The van der Waals surface area contributed by atoms with E-state index in [1.165, 1.54) is 12.4 Å². The SMILES string of the molecule is NCC(O)CS(=O)(=O)c1ccc(-c2cccc3[nH]cnc23)c(-c2nn[nH]n2)c1S(N)(=O)=O. The van der Waals surface area contributed by atoms with E-state index in [0.717, 1.165) is 6.07 Å². The Bertz CT molecular complexity index is 1500. The number of tetrazole rings is 1. The summed E-state index contributed by atoms with van der Waals surface area (Å²) >= 11 is 0. The molecule has 4 rings (SSSR count). The molecule has 0 fully saturated rings. The Morgan fingerprint density at radius 3 is 2.53 bits per heavy atom. The number of aromatic amines is 2. The standard InChI is InChI=1S/C17H18N8O5S2/c18-6-9(26)7-31(27,28)13-5-4-10(11-2-1-3-12-15(11)21-8-20-12)14(16(13)32(19,29)30)17-22-24-25-23-17/h1-5,8-9,26H,6-7,18H2,(H,20,21)(H2,19,29,30)(H,22,23,24,25). The molecule has 0 aliphatic carbocycles. The lowest BCUT2D eigenvalue weighted by Gasteiger charge is -2.17. The van der Waals surface area contributed by atoms with Crippen LogP contribution in [0.4, 0.5) is 0 Å². The fourth-order valence-corrected chi connectivity index (χ4v) is 6.44. The Hall–Kier alpha value is -3.24. The third-order valence-corrected chi connectivity index (χ3v) is 7.69. The van der Waals surface area contributed by atoms with Gasteiger partial charge in [0.05, 0.1) is 39.7 Å². The molecule has 0 spiro atoms. The molecule has 0 bridgehead atoms. The highest BCUT2D eigenvalue weighted by molar-refractivity contribution is 7.93. The average Bonchev–Trinajstić information content (AvgIpc) is 3.43. The Morgan fingerprint density at radius 2 is 1.88 bits per heavy atom. The van der Waals surface area contributed by atoms with E-state index >= 15 is 0 Å². The number of sulfonamides is 1. The minimum Gasteiger partial charge on any atom is -0.391 e. The van der Waals surface area contributed by atoms with Crippen LogP contribution < -0.4 is 10.9 Å². The van der Waals surface area contributed by atoms with Crippen molar-refractivity contribution in [2.24, 2.45) is 10.9 Å². The number of nitrogens with one attached hydrogen (secondary N) is 2. The second kappa shape index (κ2) is 8.03. The van der Waals surface area contributed by atoms with Crippen LogP contribution in [-0.4, -0.2) is 70.9 Å². The van der Waals surface area contributed by atoms with Crippen LogP contribution in [0.2, 0.25) is 0 Å². The van der Waals surface area contributed by atoms with E-state index in [9.17, 15) is 21.9 Å². The number of hydrogen-bond acceptors (Lipinski definition) is 10. The Balaban J connectivity index is 2.12. The number of imidazole rings is 1. The molecule has 0 amide bonds. The lowest BCUT2D eigenvalue weighted by molar-refractivity contribution is 0.205. The maximum atomic E-state index is 13.0. The largest absolute Gasteiger partial charge is 0.391 e. The van der Waals surface area contributed by atoms with Crippen LogP contribution in [0.15, 0.2) is 46.5 Å². The van der Waals surface area contributed by atoms with Crippen molar-refractivity contribution in [2.45, 2.75) is 15.9 Å². The van der Waals surface area contributed by atoms with Crippen molar-refractivity contribution in [3.8, 4) is 22.5 Å². The number of fused-ring (bicyclic) bond motifs is 1. The topological polar surface area (TPSA) is 224 Å². The Morgan fingerprint density at radius 1 is 1.09 bits per heavy atom. The van der Waals surface area contributed by atoms with Crippen molar-refractivity contribution in [3.05, 3.63) is 36.7 Å². The summed E-state index contributed by atoms with van der Waals surface area (Å²) < 4.78 is 51.4. The predicted octanol–water partition coefficient (Wildman–Crippen LogP) is -0.849. The van der Waals surface area contributed by atoms with Gasteiger partial charge in [-0.1, -0.05) is 18.2 Å². The number of aliphatic hydroxyl groups excluding tert-OH is 1. The first kappa shape index (κ1) is 22.0. The molecule has 0 saturated carbocycles. The lowest BCUT2D eigenvalue weighted by atomic mass is 9.98. The molecule has 13 nitrogen and oxygen atoms in total. The Kier molecular flexibility index (Phi) is 5.51. The van der Waals surface area contributed by atoms with Gasteiger partial charge in [0.2, 0.25) is 15.8 Å². The van der Waals surface area contributed by atoms with Crippen molar-refractivity contribution < 1.29 is 21.9 Å². The van der Waals surface area contributed by atoms with Gasteiger partial charge in [-0.05, 0) is 22.9 Å². The minimum absolute atomic E-state index is 0.167. The maximum Gasteiger partial charge on any atom is 0.240 e. The van der Waals surface area contributed by atoms with Crippen LogP contribution in [0.25, 0.3) is 33.5 Å². The molecule has 0 aliphatic rings. The number of rotatable bonds is 7.